The van der Waals surface area contributed by atoms with Crippen LogP contribution in [-0.4, -0.2) is 22.6 Å². The summed E-state index contributed by atoms with van der Waals surface area (Å²) in [5.74, 6) is -0.104. The van der Waals surface area contributed by atoms with Crippen LogP contribution >= 0.6 is 0 Å². The van der Waals surface area contributed by atoms with Crippen molar-refractivity contribution in [1.82, 2.24) is 0 Å². The summed E-state index contributed by atoms with van der Waals surface area (Å²) in [7, 11) is -1.78. The molecule has 1 aromatic carbocycles. The van der Waals surface area contributed by atoms with E-state index >= 15 is 0 Å². The number of methoxy groups -OCH3 is 2. The average molecular weight is 234 g/mol. The van der Waals surface area contributed by atoms with Crippen LogP contribution in [0.15, 0.2) is 18.2 Å². The predicted octanol–water partition coefficient (Wildman–Crippen LogP) is 1.50. The lowest BCUT2D eigenvalue weighted by Gasteiger charge is -2.10. The molecule has 15 heavy (non-hydrogen) atoms. The first-order valence-corrected chi connectivity index (χ1v) is 5.65. The van der Waals surface area contributed by atoms with Crippen molar-refractivity contribution in [2.45, 2.75) is 5.75 Å². The van der Waals surface area contributed by atoms with E-state index < -0.39 is 16.0 Å². The van der Waals surface area contributed by atoms with E-state index in [4.69, 9.17) is 9.47 Å². The Bertz CT molecular complexity index is 441. The van der Waals surface area contributed by atoms with E-state index in [0.717, 1.165) is 0 Å². The lowest BCUT2D eigenvalue weighted by molar-refractivity contribution is 0.352. The smallest absolute Gasteiger partial charge is 0.306 e. The normalized spacial score (nSPS) is 11.1. The van der Waals surface area contributed by atoms with Gasteiger partial charge in [-0.05, 0) is 6.07 Å². The van der Waals surface area contributed by atoms with Gasteiger partial charge >= 0.3 is 10.2 Å². The fourth-order valence-corrected chi connectivity index (χ4v) is 1.85. The van der Waals surface area contributed by atoms with Gasteiger partial charge in [-0.2, -0.15) is 8.42 Å². The molecule has 0 aliphatic heterocycles. The topological polar surface area (TPSA) is 52.6 Å². The third kappa shape index (κ3) is 3.09. The summed E-state index contributed by atoms with van der Waals surface area (Å²) >= 11 is 0. The molecule has 0 saturated heterocycles. The summed E-state index contributed by atoms with van der Waals surface area (Å²) < 4.78 is 43.4. The third-order valence-corrected chi connectivity index (χ3v) is 2.47. The second-order valence-corrected chi connectivity index (χ2v) is 4.20. The molecular formula is C9H11FO4S. The summed E-state index contributed by atoms with van der Waals surface area (Å²) in [6.45, 7) is 0. The highest BCUT2D eigenvalue weighted by Gasteiger charge is 2.16. The number of hydrogen-bond acceptors (Lipinski definition) is 4. The van der Waals surface area contributed by atoms with Crippen molar-refractivity contribution in [2.24, 2.45) is 0 Å². The molecule has 0 fully saturated rings. The molecule has 0 aliphatic carbocycles. The van der Waals surface area contributed by atoms with Crippen molar-refractivity contribution in [3.8, 4) is 11.5 Å². The number of hydrogen-bond donors (Lipinski definition) is 0. The highest BCUT2D eigenvalue weighted by molar-refractivity contribution is 7.85. The molecule has 1 aromatic rings. The van der Waals surface area contributed by atoms with Crippen molar-refractivity contribution < 1.29 is 21.8 Å². The first-order valence-electron chi connectivity index (χ1n) is 4.10. The largest absolute Gasteiger partial charge is 0.493 e. The molecule has 0 aromatic heterocycles. The van der Waals surface area contributed by atoms with Crippen molar-refractivity contribution in [1.29, 1.82) is 0 Å². The summed E-state index contributed by atoms with van der Waals surface area (Å²) in [4.78, 5) is 0. The van der Waals surface area contributed by atoms with Crippen LogP contribution in [0, 0.1) is 0 Å². The van der Waals surface area contributed by atoms with Crippen LogP contribution in [0.4, 0.5) is 3.89 Å². The molecule has 6 heteroatoms. The summed E-state index contributed by atoms with van der Waals surface area (Å²) in [6.07, 6.45) is 0. The zero-order valence-electron chi connectivity index (χ0n) is 8.36. The van der Waals surface area contributed by atoms with Gasteiger partial charge in [0.1, 0.15) is 5.75 Å². The highest BCUT2D eigenvalue weighted by Crippen LogP contribution is 2.31. The van der Waals surface area contributed by atoms with E-state index in [1.54, 1.807) is 12.1 Å². The molecule has 0 N–H and O–H groups in total. The van der Waals surface area contributed by atoms with Gasteiger partial charge in [0.25, 0.3) is 0 Å². The summed E-state index contributed by atoms with van der Waals surface area (Å²) in [5, 5.41) is 0. The lowest BCUT2D eigenvalue weighted by Crippen LogP contribution is -2.00. The Morgan fingerprint density at radius 1 is 1.27 bits per heavy atom. The lowest BCUT2D eigenvalue weighted by atomic mass is 10.2. The van der Waals surface area contributed by atoms with Crippen LogP contribution in [-0.2, 0) is 16.0 Å². The van der Waals surface area contributed by atoms with Crippen molar-refractivity contribution in [3.63, 3.8) is 0 Å². The van der Waals surface area contributed by atoms with E-state index in [1.165, 1.54) is 20.3 Å². The molecule has 0 atom stereocenters. The van der Waals surface area contributed by atoms with Gasteiger partial charge < -0.3 is 9.47 Å². The van der Waals surface area contributed by atoms with E-state index in [9.17, 15) is 12.3 Å². The van der Waals surface area contributed by atoms with Gasteiger partial charge in [0, 0.05) is 5.56 Å². The van der Waals surface area contributed by atoms with Crippen molar-refractivity contribution in [3.05, 3.63) is 23.8 Å². The second kappa shape index (κ2) is 4.48. The summed E-state index contributed by atoms with van der Waals surface area (Å²) in [6, 6.07) is 4.65. The fraction of sp³-hybridized carbons (Fsp3) is 0.333. The molecule has 0 amide bonds. The molecule has 0 unspecified atom stereocenters. The van der Waals surface area contributed by atoms with Gasteiger partial charge in [-0.3, -0.25) is 0 Å². The number of para-hydroxylation sites is 1. The maximum Gasteiger partial charge on any atom is 0.306 e. The molecule has 0 bridgehead atoms. The number of rotatable bonds is 4. The average Bonchev–Trinajstić information content (AvgIpc) is 2.15. The Morgan fingerprint density at radius 2 is 1.93 bits per heavy atom. The standard InChI is InChI=1S/C9H11FO4S/c1-13-8-5-3-4-7(9(8)14-2)6-15(10,11)12/h3-5H,6H2,1-2H3. The zero-order valence-corrected chi connectivity index (χ0v) is 9.17. The highest BCUT2D eigenvalue weighted by atomic mass is 32.3. The molecule has 4 nitrogen and oxygen atoms in total. The predicted molar refractivity (Wildman–Crippen MR) is 53.3 cm³/mol. The second-order valence-electron chi connectivity index (χ2n) is 2.84. The van der Waals surface area contributed by atoms with Crippen LogP contribution in [0.3, 0.4) is 0 Å². The van der Waals surface area contributed by atoms with Crippen LogP contribution < -0.4 is 9.47 Å². The van der Waals surface area contributed by atoms with Gasteiger partial charge in [0.2, 0.25) is 0 Å². The Labute approximate surface area is 87.8 Å². The number of ether oxygens (including phenoxy) is 2. The van der Waals surface area contributed by atoms with Gasteiger partial charge in [-0.15, -0.1) is 3.89 Å². The van der Waals surface area contributed by atoms with Crippen LogP contribution in [0.2, 0.25) is 0 Å². The molecule has 1 rings (SSSR count). The van der Waals surface area contributed by atoms with Crippen LogP contribution in [0.5, 0.6) is 11.5 Å². The number of halogens is 1. The third-order valence-electron chi connectivity index (χ3n) is 1.81. The molecule has 0 aliphatic rings. The minimum atomic E-state index is -4.57. The molecule has 0 saturated carbocycles. The van der Waals surface area contributed by atoms with E-state index in [-0.39, 0.29) is 11.3 Å². The monoisotopic (exact) mass is 234 g/mol. The van der Waals surface area contributed by atoms with Crippen molar-refractivity contribution >= 4 is 10.2 Å². The Kier molecular flexibility index (Phi) is 3.52. The zero-order chi connectivity index (χ0) is 11.5. The fourth-order valence-electron chi connectivity index (χ4n) is 1.25. The molecular weight excluding hydrogens is 223 g/mol. The quantitative estimate of drug-likeness (QED) is 0.741. The SMILES string of the molecule is COc1cccc(CS(=O)(=O)F)c1OC. The Hall–Kier alpha value is -1.30. The van der Waals surface area contributed by atoms with Gasteiger partial charge in [-0.25, -0.2) is 0 Å². The van der Waals surface area contributed by atoms with Gasteiger partial charge in [0.15, 0.2) is 11.5 Å². The minimum absolute atomic E-state index is 0.236. The Balaban J connectivity index is 3.18. The molecule has 0 spiro atoms. The maximum atomic E-state index is 12.5. The first-order chi connectivity index (χ1) is 6.98. The van der Waals surface area contributed by atoms with E-state index in [0.29, 0.717) is 5.75 Å². The van der Waals surface area contributed by atoms with Crippen molar-refractivity contribution in [2.75, 3.05) is 14.2 Å². The molecule has 0 radical (unpaired) electrons. The van der Waals surface area contributed by atoms with Gasteiger partial charge in [0.05, 0.1) is 14.2 Å². The molecule has 0 heterocycles. The van der Waals surface area contributed by atoms with Crippen LogP contribution in [0.25, 0.3) is 0 Å². The maximum absolute atomic E-state index is 12.5. The van der Waals surface area contributed by atoms with E-state index in [2.05, 4.69) is 0 Å². The van der Waals surface area contributed by atoms with Crippen LogP contribution in [0.1, 0.15) is 5.56 Å². The minimum Gasteiger partial charge on any atom is -0.493 e. The summed E-state index contributed by atoms with van der Waals surface area (Å²) in [5.41, 5.74) is 0.236. The van der Waals surface area contributed by atoms with E-state index in [1.807, 2.05) is 0 Å². The number of benzene rings is 1. The molecule has 84 valence electrons. The Morgan fingerprint density at radius 3 is 2.40 bits per heavy atom. The first kappa shape index (κ1) is 11.8. The van der Waals surface area contributed by atoms with Gasteiger partial charge in [-0.1, -0.05) is 12.1 Å².